The van der Waals surface area contributed by atoms with E-state index in [-0.39, 0.29) is 0 Å². The molecule has 3 fully saturated rings. The Kier molecular flexibility index (Phi) is 7.08. The third kappa shape index (κ3) is 4.18. The van der Waals surface area contributed by atoms with Gasteiger partial charge in [0, 0.05) is 6.61 Å². The van der Waals surface area contributed by atoms with Crippen LogP contribution < -0.4 is 0 Å². The molecule has 4 aliphatic rings. The summed E-state index contributed by atoms with van der Waals surface area (Å²) in [6.07, 6.45) is 21.5. The van der Waals surface area contributed by atoms with Crippen molar-refractivity contribution in [3.8, 4) is 0 Å². The SMILES string of the molecule is CCCO[C@H]1CC[C@@]2(C)C(=CCC3C2CC[C@@]2(C)C3CC[C@@H]2CCCCC(C)C)C1. The van der Waals surface area contributed by atoms with E-state index in [1.54, 1.807) is 5.57 Å². The molecule has 0 aromatic carbocycles. The maximum Gasteiger partial charge on any atom is 0.0612 e. The van der Waals surface area contributed by atoms with Gasteiger partial charge < -0.3 is 4.74 Å². The molecule has 3 unspecified atom stereocenters. The van der Waals surface area contributed by atoms with Gasteiger partial charge in [0.05, 0.1) is 6.10 Å². The van der Waals surface area contributed by atoms with Crippen molar-refractivity contribution in [2.45, 2.75) is 124 Å². The van der Waals surface area contributed by atoms with Crippen LogP contribution in [0.25, 0.3) is 0 Å². The smallest absolute Gasteiger partial charge is 0.0612 e. The van der Waals surface area contributed by atoms with Crippen molar-refractivity contribution in [3.05, 3.63) is 11.6 Å². The highest BCUT2D eigenvalue weighted by Gasteiger charge is 2.58. The third-order valence-electron chi connectivity index (χ3n) is 10.4. The summed E-state index contributed by atoms with van der Waals surface area (Å²) in [5, 5.41) is 0. The zero-order valence-electron chi connectivity index (χ0n) is 20.8. The zero-order valence-corrected chi connectivity index (χ0v) is 20.8. The number of unbranched alkanes of at least 4 members (excludes halogenated alkanes) is 1. The van der Waals surface area contributed by atoms with Crippen molar-refractivity contribution >= 4 is 0 Å². The molecule has 0 bridgehead atoms. The Morgan fingerprint density at radius 2 is 1.87 bits per heavy atom. The van der Waals surface area contributed by atoms with Crippen LogP contribution in [0.2, 0.25) is 0 Å². The summed E-state index contributed by atoms with van der Waals surface area (Å²) in [4.78, 5) is 0. The molecule has 1 nitrogen and oxygen atoms in total. The summed E-state index contributed by atoms with van der Waals surface area (Å²) >= 11 is 0. The lowest BCUT2D eigenvalue weighted by molar-refractivity contribution is -0.0586. The summed E-state index contributed by atoms with van der Waals surface area (Å²) in [5.41, 5.74) is 2.90. The number of ether oxygens (including phenoxy) is 1. The Labute approximate surface area is 187 Å². The van der Waals surface area contributed by atoms with E-state index in [4.69, 9.17) is 4.74 Å². The van der Waals surface area contributed by atoms with Crippen LogP contribution in [0, 0.1) is 40.4 Å². The Morgan fingerprint density at radius 1 is 1.03 bits per heavy atom. The summed E-state index contributed by atoms with van der Waals surface area (Å²) < 4.78 is 6.18. The van der Waals surface area contributed by atoms with Crippen LogP contribution in [-0.4, -0.2) is 12.7 Å². The van der Waals surface area contributed by atoms with Gasteiger partial charge in [-0.3, -0.25) is 0 Å². The van der Waals surface area contributed by atoms with E-state index in [0.717, 1.165) is 42.6 Å². The van der Waals surface area contributed by atoms with Gasteiger partial charge in [-0.15, -0.1) is 0 Å². The topological polar surface area (TPSA) is 9.23 Å². The highest BCUT2D eigenvalue weighted by Crippen LogP contribution is 2.66. The van der Waals surface area contributed by atoms with Crippen LogP contribution in [0.15, 0.2) is 11.6 Å². The highest BCUT2D eigenvalue weighted by molar-refractivity contribution is 5.25. The lowest BCUT2D eigenvalue weighted by Crippen LogP contribution is -2.50. The Bertz CT molecular complexity index is 605. The second-order valence-electron chi connectivity index (χ2n) is 12.5. The number of hydrogen-bond donors (Lipinski definition) is 0. The second-order valence-corrected chi connectivity index (χ2v) is 12.5. The second kappa shape index (κ2) is 9.29. The quantitative estimate of drug-likeness (QED) is 0.285. The van der Waals surface area contributed by atoms with Gasteiger partial charge in [-0.05, 0) is 105 Å². The predicted molar refractivity (Wildman–Crippen MR) is 129 cm³/mol. The van der Waals surface area contributed by atoms with Crippen molar-refractivity contribution in [2.75, 3.05) is 6.61 Å². The van der Waals surface area contributed by atoms with Gasteiger partial charge in [-0.2, -0.15) is 0 Å². The molecular weight excluding hydrogens is 364 g/mol. The van der Waals surface area contributed by atoms with Gasteiger partial charge >= 0.3 is 0 Å². The molecule has 0 spiro atoms. The molecule has 0 heterocycles. The fraction of sp³-hybridized carbons (Fsp3) is 0.931. The van der Waals surface area contributed by atoms with E-state index in [1.807, 2.05) is 0 Å². The zero-order chi connectivity index (χ0) is 21.4. The standard InChI is InChI=1S/C29H50O/c1-6-19-30-24-15-17-29(5)23(20-24)11-13-25-26-14-12-22(10-8-7-9-21(2)3)28(26,4)18-16-27(25)29/h11,21-22,24-27H,6-10,12-20H2,1-5H3/t22-,24-,25?,26?,27?,28+,29-/m0/s1. The minimum atomic E-state index is 0.478. The molecule has 3 saturated carbocycles. The van der Waals surface area contributed by atoms with Gasteiger partial charge in [-0.1, -0.05) is 65.5 Å². The first-order chi connectivity index (χ1) is 14.4. The van der Waals surface area contributed by atoms with E-state index in [1.165, 1.54) is 77.0 Å². The molecule has 0 saturated heterocycles. The average Bonchev–Trinajstić information content (AvgIpc) is 3.05. The molecule has 0 amide bonds. The van der Waals surface area contributed by atoms with Crippen molar-refractivity contribution in [1.82, 2.24) is 0 Å². The van der Waals surface area contributed by atoms with Gasteiger partial charge in [0.15, 0.2) is 0 Å². The molecule has 30 heavy (non-hydrogen) atoms. The molecule has 4 aliphatic carbocycles. The molecule has 1 heteroatoms. The van der Waals surface area contributed by atoms with Gasteiger partial charge in [-0.25, -0.2) is 0 Å². The summed E-state index contributed by atoms with van der Waals surface area (Å²) in [5.74, 6) is 4.79. The first-order valence-corrected chi connectivity index (χ1v) is 13.7. The molecule has 0 radical (unpaired) electrons. The van der Waals surface area contributed by atoms with E-state index < -0.39 is 0 Å². The maximum atomic E-state index is 6.18. The number of hydrogen-bond acceptors (Lipinski definition) is 1. The van der Waals surface area contributed by atoms with Crippen LogP contribution in [0.1, 0.15) is 118 Å². The van der Waals surface area contributed by atoms with E-state index in [2.05, 4.69) is 40.7 Å². The highest BCUT2D eigenvalue weighted by atomic mass is 16.5. The van der Waals surface area contributed by atoms with Crippen LogP contribution in [0.4, 0.5) is 0 Å². The van der Waals surface area contributed by atoms with Crippen LogP contribution in [0.3, 0.4) is 0 Å². The van der Waals surface area contributed by atoms with Crippen molar-refractivity contribution < 1.29 is 4.74 Å². The predicted octanol–water partition coefficient (Wildman–Crippen LogP) is 8.58. The Hall–Kier alpha value is -0.300. The van der Waals surface area contributed by atoms with Crippen molar-refractivity contribution in [3.63, 3.8) is 0 Å². The maximum absolute atomic E-state index is 6.18. The molecular formula is C29H50O. The van der Waals surface area contributed by atoms with E-state index in [0.29, 0.717) is 16.9 Å². The largest absolute Gasteiger partial charge is 0.378 e. The number of rotatable bonds is 8. The Morgan fingerprint density at radius 3 is 2.63 bits per heavy atom. The number of fused-ring (bicyclic) bond motifs is 5. The average molecular weight is 415 g/mol. The first-order valence-electron chi connectivity index (χ1n) is 13.7. The van der Waals surface area contributed by atoms with Crippen LogP contribution >= 0.6 is 0 Å². The lowest BCUT2D eigenvalue weighted by Gasteiger charge is -2.58. The molecule has 0 aliphatic heterocycles. The van der Waals surface area contributed by atoms with E-state index >= 15 is 0 Å². The van der Waals surface area contributed by atoms with Gasteiger partial charge in [0.1, 0.15) is 0 Å². The van der Waals surface area contributed by atoms with Crippen LogP contribution in [0.5, 0.6) is 0 Å². The first kappa shape index (κ1) is 22.9. The fourth-order valence-electron chi connectivity index (χ4n) is 8.58. The van der Waals surface area contributed by atoms with Gasteiger partial charge in [0.25, 0.3) is 0 Å². The summed E-state index contributed by atoms with van der Waals surface area (Å²) in [6.45, 7) is 13.3. The summed E-state index contributed by atoms with van der Waals surface area (Å²) in [7, 11) is 0. The molecule has 0 aromatic rings. The molecule has 0 aromatic heterocycles. The molecule has 0 N–H and O–H groups in total. The Balaban J connectivity index is 1.42. The van der Waals surface area contributed by atoms with Crippen molar-refractivity contribution in [2.24, 2.45) is 40.4 Å². The minimum absolute atomic E-state index is 0.478. The lowest BCUT2D eigenvalue weighted by atomic mass is 9.47. The van der Waals surface area contributed by atoms with Crippen LogP contribution in [-0.2, 0) is 4.74 Å². The minimum Gasteiger partial charge on any atom is -0.378 e. The molecule has 4 rings (SSSR count). The fourth-order valence-corrected chi connectivity index (χ4v) is 8.58. The normalized spacial score (nSPS) is 43.1. The van der Waals surface area contributed by atoms with E-state index in [9.17, 15) is 0 Å². The molecule has 172 valence electrons. The number of allylic oxidation sites excluding steroid dienone is 1. The monoisotopic (exact) mass is 414 g/mol. The summed E-state index contributed by atoms with van der Waals surface area (Å²) in [6, 6.07) is 0. The molecule has 7 atom stereocenters. The third-order valence-corrected chi connectivity index (χ3v) is 10.4. The van der Waals surface area contributed by atoms with Gasteiger partial charge in [0.2, 0.25) is 0 Å². The van der Waals surface area contributed by atoms with Crippen molar-refractivity contribution in [1.29, 1.82) is 0 Å².